The molecular weight excluding hydrogens is 488 g/mol. The molecule has 3 aliphatic rings. The smallest absolute Gasteiger partial charge is 0.330 e. The van der Waals surface area contributed by atoms with Crippen LogP contribution in [0.5, 0.6) is 0 Å². The summed E-state index contributed by atoms with van der Waals surface area (Å²) in [5, 5.41) is 30.7. The van der Waals surface area contributed by atoms with Crippen molar-refractivity contribution in [1.29, 1.82) is 0 Å². The second-order valence-corrected chi connectivity index (χ2v) is 11.6. The summed E-state index contributed by atoms with van der Waals surface area (Å²) in [7, 11) is 0. The topological polar surface area (TPSA) is 143 Å². The second kappa shape index (κ2) is 12.9. The highest BCUT2D eigenvalue weighted by Gasteiger charge is 2.46. The number of nitrogens with zero attached hydrogens (tertiary/aromatic N) is 1. The van der Waals surface area contributed by atoms with Crippen molar-refractivity contribution < 1.29 is 34.4 Å². The number of ether oxygens (including phenoxy) is 2. The van der Waals surface area contributed by atoms with Gasteiger partial charge in [-0.15, -0.1) is 0 Å². The molecule has 0 aromatic heterocycles. The molecule has 1 amide bonds. The molecule has 2 heterocycles. The predicted octanol–water partition coefficient (Wildman–Crippen LogP) is 2.55. The summed E-state index contributed by atoms with van der Waals surface area (Å²) in [6, 6.07) is -0.758. The van der Waals surface area contributed by atoms with Gasteiger partial charge in [-0.05, 0) is 70.3 Å². The molecule has 9 nitrogen and oxygen atoms in total. The van der Waals surface area contributed by atoms with E-state index in [1.165, 1.54) is 4.90 Å². The van der Waals surface area contributed by atoms with E-state index in [1.807, 2.05) is 39.0 Å². The fourth-order valence-electron chi connectivity index (χ4n) is 5.63. The summed E-state index contributed by atoms with van der Waals surface area (Å²) >= 11 is 0. The van der Waals surface area contributed by atoms with Gasteiger partial charge in [0.15, 0.2) is 12.0 Å². The van der Waals surface area contributed by atoms with E-state index in [0.29, 0.717) is 25.0 Å². The summed E-state index contributed by atoms with van der Waals surface area (Å²) in [6.45, 7) is 9.94. The van der Waals surface area contributed by atoms with Gasteiger partial charge < -0.3 is 29.7 Å². The van der Waals surface area contributed by atoms with Gasteiger partial charge in [-0.2, -0.15) is 0 Å². The van der Waals surface area contributed by atoms with E-state index in [0.717, 1.165) is 24.8 Å². The van der Waals surface area contributed by atoms with Crippen molar-refractivity contribution in [3.8, 4) is 0 Å². The van der Waals surface area contributed by atoms with Gasteiger partial charge in [-0.1, -0.05) is 43.7 Å². The van der Waals surface area contributed by atoms with Crippen LogP contribution in [0.25, 0.3) is 0 Å². The average Bonchev–Trinajstić information content (AvgIpc) is 2.85. The number of likely N-dealkylation sites (tertiary alicyclic amines) is 1. The summed E-state index contributed by atoms with van der Waals surface area (Å²) in [6.07, 6.45) is 7.46. The van der Waals surface area contributed by atoms with Gasteiger partial charge in [-0.3, -0.25) is 10.5 Å². The fourth-order valence-corrected chi connectivity index (χ4v) is 5.63. The molecule has 0 aromatic rings. The van der Waals surface area contributed by atoms with Crippen LogP contribution < -0.4 is 5.73 Å². The van der Waals surface area contributed by atoms with E-state index < -0.39 is 36.2 Å². The lowest BCUT2D eigenvalue weighted by Crippen LogP contribution is -2.55. The fraction of sp³-hybridized carbons (Fsp3) is 0.724. The van der Waals surface area contributed by atoms with Gasteiger partial charge >= 0.3 is 5.97 Å². The third-order valence-corrected chi connectivity index (χ3v) is 8.27. The first-order valence-electron chi connectivity index (χ1n) is 13.9. The third kappa shape index (κ3) is 7.54. The lowest BCUT2D eigenvalue weighted by molar-refractivity contribution is -0.289. The van der Waals surface area contributed by atoms with Crippen LogP contribution in [0, 0.1) is 17.8 Å². The van der Waals surface area contributed by atoms with E-state index in [-0.39, 0.29) is 36.2 Å². The van der Waals surface area contributed by atoms with Gasteiger partial charge in [0.05, 0.1) is 24.7 Å². The molecule has 3 rings (SSSR count). The normalized spacial score (nSPS) is 37.6. The van der Waals surface area contributed by atoms with Crippen LogP contribution >= 0.6 is 0 Å². The van der Waals surface area contributed by atoms with Crippen molar-refractivity contribution in [2.45, 2.75) is 110 Å². The summed E-state index contributed by atoms with van der Waals surface area (Å²) < 4.78 is 11.5. The molecule has 9 unspecified atom stereocenters. The van der Waals surface area contributed by atoms with Gasteiger partial charge in [0, 0.05) is 12.5 Å². The van der Waals surface area contributed by atoms with Gasteiger partial charge in [-0.25, -0.2) is 4.79 Å². The van der Waals surface area contributed by atoms with Crippen LogP contribution in [0.1, 0.15) is 73.1 Å². The number of hydrogen-bond donors (Lipinski definition) is 4. The highest BCUT2D eigenvalue weighted by atomic mass is 16.6. The molecule has 0 bridgehead atoms. The largest absolute Gasteiger partial charge is 0.441 e. The third-order valence-electron chi connectivity index (χ3n) is 8.27. The Morgan fingerprint density at radius 3 is 2.58 bits per heavy atom. The van der Waals surface area contributed by atoms with Crippen LogP contribution in [0.4, 0.5) is 0 Å². The van der Waals surface area contributed by atoms with Gasteiger partial charge in [0.1, 0.15) is 6.04 Å². The van der Waals surface area contributed by atoms with E-state index >= 15 is 0 Å². The summed E-state index contributed by atoms with van der Waals surface area (Å²) in [4.78, 5) is 28.0. The molecule has 9 heteroatoms. The minimum Gasteiger partial charge on any atom is -0.441 e. The molecule has 2 aliphatic heterocycles. The summed E-state index contributed by atoms with van der Waals surface area (Å²) in [5.74, 6) is -2.38. The molecule has 2 saturated heterocycles. The van der Waals surface area contributed by atoms with Crippen LogP contribution in [-0.4, -0.2) is 75.0 Å². The van der Waals surface area contributed by atoms with Crippen LogP contribution in [0.3, 0.4) is 0 Å². The molecule has 0 spiro atoms. The van der Waals surface area contributed by atoms with E-state index in [9.17, 15) is 24.9 Å². The molecule has 0 radical (unpaired) electrons. The Balaban J connectivity index is 1.62. The highest BCUT2D eigenvalue weighted by molar-refractivity contribution is 5.85. The Bertz CT molecular complexity index is 947. The molecule has 0 saturated carbocycles. The Labute approximate surface area is 226 Å². The van der Waals surface area contributed by atoms with Crippen molar-refractivity contribution in [3.05, 3.63) is 35.5 Å². The van der Waals surface area contributed by atoms with E-state index in [2.05, 4.69) is 6.92 Å². The Hall–Kier alpha value is -2.04. The minimum atomic E-state index is -1.56. The van der Waals surface area contributed by atoms with Gasteiger partial charge in [0.25, 0.3) is 0 Å². The lowest BCUT2D eigenvalue weighted by Gasteiger charge is -2.45. The molecular formula is C29H46N2O7. The maximum absolute atomic E-state index is 13.3. The molecule has 0 aromatic carbocycles. The van der Waals surface area contributed by atoms with Crippen molar-refractivity contribution in [3.63, 3.8) is 0 Å². The number of rotatable bonds is 7. The Morgan fingerprint density at radius 1 is 1.18 bits per heavy atom. The Morgan fingerprint density at radius 2 is 1.89 bits per heavy atom. The maximum Gasteiger partial charge on any atom is 0.330 e. The SMILES string of the molecule is CC(=C\C1C=CC(O)C(O)C1)/C=C(\C)C(N)OC(=O)C1CCCCN1C(=O)CC1(O)OC(C)C(C)CC1C. The number of aliphatic hydroxyl groups is 3. The first kappa shape index (κ1) is 30.5. The first-order chi connectivity index (χ1) is 17.8. The van der Waals surface area contributed by atoms with Gasteiger partial charge in [0.2, 0.25) is 5.91 Å². The zero-order chi connectivity index (χ0) is 28.2. The number of carbonyl (C=O) groups is 2. The van der Waals surface area contributed by atoms with E-state index in [1.54, 1.807) is 13.0 Å². The number of hydrogen-bond acceptors (Lipinski definition) is 8. The van der Waals surface area contributed by atoms with Crippen molar-refractivity contribution in [1.82, 2.24) is 4.90 Å². The Kier molecular flexibility index (Phi) is 10.3. The number of esters is 1. The maximum atomic E-state index is 13.3. The first-order valence-corrected chi connectivity index (χ1v) is 13.9. The monoisotopic (exact) mass is 534 g/mol. The predicted molar refractivity (Wildman–Crippen MR) is 143 cm³/mol. The standard InChI is InChI=1S/C29H46N2O7/c1-17(13-22-9-10-24(32)25(33)15-22)12-19(3)27(30)37-28(35)23-8-6-7-11-31(23)26(34)16-29(36)20(4)14-18(2)21(5)38-29/h9-10,12-13,18,20-25,27,32-33,36H,6-8,11,14-16,30H2,1-5H3/b17-13+,19-12+. The quantitative estimate of drug-likeness (QED) is 0.169. The van der Waals surface area contributed by atoms with Crippen LogP contribution in [-0.2, 0) is 19.1 Å². The molecule has 5 N–H and O–H groups in total. The number of amides is 1. The van der Waals surface area contributed by atoms with Crippen LogP contribution in [0.2, 0.25) is 0 Å². The second-order valence-electron chi connectivity index (χ2n) is 11.6. The van der Waals surface area contributed by atoms with Crippen molar-refractivity contribution >= 4 is 11.9 Å². The number of carbonyl (C=O) groups excluding carboxylic acids is 2. The molecule has 214 valence electrons. The molecule has 38 heavy (non-hydrogen) atoms. The van der Waals surface area contributed by atoms with Crippen LogP contribution in [0.15, 0.2) is 35.5 Å². The minimum absolute atomic E-state index is 0.0186. The number of piperidine rings is 1. The number of aliphatic hydroxyl groups excluding tert-OH is 2. The average molecular weight is 535 g/mol. The zero-order valence-electron chi connectivity index (χ0n) is 23.4. The van der Waals surface area contributed by atoms with E-state index in [4.69, 9.17) is 15.2 Å². The van der Waals surface area contributed by atoms with Crippen molar-refractivity contribution in [2.24, 2.45) is 23.5 Å². The molecule has 1 aliphatic carbocycles. The highest BCUT2D eigenvalue weighted by Crippen LogP contribution is 2.38. The number of allylic oxidation sites excluding steroid dienone is 4. The lowest BCUT2D eigenvalue weighted by atomic mass is 9.82. The molecule has 2 fully saturated rings. The number of nitrogens with two attached hydrogens (primary N) is 1. The summed E-state index contributed by atoms with van der Waals surface area (Å²) in [5.41, 5.74) is 7.73. The van der Waals surface area contributed by atoms with Crippen molar-refractivity contribution in [2.75, 3.05) is 6.54 Å². The molecule has 9 atom stereocenters. The zero-order valence-corrected chi connectivity index (χ0v) is 23.4.